The van der Waals surface area contributed by atoms with Crippen LogP contribution < -0.4 is 0 Å². The summed E-state index contributed by atoms with van der Waals surface area (Å²) in [5.41, 5.74) is 0. The summed E-state index contributed by atoms with van der Waals surface area (Å²) in [6, 6.07) is 0. The second-order valence-corrected chi connectivity index (χ2v) is 2.33. The van der Waals surface area contributed by atoms with Gasteiger partial charge in [0.05, 0.1) is 0 Å². The number of halogens is 1. The zero-order valence-electron chi connectivity index (χ0n) is 6.37. The highest BCUT2D eigenvalue weighted by Crippen LogP contribution is 2.11. The van der Waals surface area contributed by atoms with E-state index in [2.05, 4.69) is 10.1 Å². The molecule has 5 heteroatoms. The molecule has 0 amide bonds. The van der Waals surface area contributed by atoms with Crippen molar-refractivity contribution >= 4 is 11.6 Å². The van der Waals surface area contributed by atoms with Gasteiger partial charge in [-0.2, -0.15) is 4.98 Å². The van der Waals surface area contributed by atoms with Crippen LogP contribution in [0.4, 0.5) is 0 Å². The summed E-state index contributed by atoms with van der Waals surface area (Å²) in [6.45, 7) is 1.84. The summed E-state index contributed by atoms with van der Waals surface area (Å²) in [6.07, 6.45) is -0.143. The van der Waals surface area contributed by atoms with Crippen molar-refractivity contribution in [3.63, 3.8) is 0 Å². The van der Waals surface area contributed by atoms with E-state index in [0.717, 1.165) is 0 Å². The molecule has 0 aliphatic carbocycles. The molecule has 0 radical (unpaired) electrons. The molecule has 62 valence electrons. The predicted molar refractivity (Wildman–Crippen MR) is 39.3 cm³/mol. The minimum atomic E-state index is -0.143. The fraction of sp³-hybridized carbons (Fsp3) is 0.667. The van der Waals surface area contributed by atoms with E-state index in [1.54, 1.807) is 7.11 Å². The van der Waals surface area contributed by atoms with Gasteiger partial charge in [0.25, 0.3) is 0 Å². The van der Waals surface area contributed by atoms with Gasteiger partial charge in [-0.1, -0.05) is 5.16 Å². The Balaban J connectivity index is 2.71. The zero-order chi connectivity index (χ0) is 8.27. The minimum Gasteiger partial charge on any atom is -0.374 e. The average Bonchev–Trinajstić information content (AvgIpc) is 2.50. The van der Waals surface area contributed by atoms with Crippen molar-refractivity contribution in [2.75, 3.05) is 7.11 Å². The number of rotatable bonds is 3. The van der Waals surface area contributed by atoms with E-state index in [0.29, 0.717) is 11.7 Å². The van der Waals surface area contributed by atoms with Crippen molar-refractivity contribution in [2.45, 2.75) is 18.9 Å². The molecule has 1 rings (SSSR count). The molecule has 0 spiro atoms. The first kappa shape index (κ1) is 8.49. The molecule has 0 N–H and O–H groups in total. The zero-order valence-corrected chi connectivity index (χ0v) is 7.13. The lowest BCUT2D eigenvalue weighted by Crippen LogP contribution is -1.97. The number of nitrogens with zero attached hydrogens (tertiary/aromatic N) is 2. The van der Waals surface area contributed by atoms with Crippen molar-refractivity contribution in [1.82, 2.24) is 10.1 Å². The van der Waals surface area contributed by atoms with Crippen LogP contribution in [-0.4, -0.2) is 17.3 Å². The van der Waals surface area contributed by atoms with Gasteiger partial charge in [0, 0.05) is 7.11 Å². The average molecular weight is 177 g/mol. The maximum atomic E-state index is 5.45. The first-order valence-corrected chi connectivity index (χ1v) is 3.72. The molecule has 0 aromatic carbocycles. The van der Waals surface area contributed by atoms with E-state index in [-0.39, 0.29) is 12.0 Å². The Morgan fingerprint density at radius 2 is 2.45 bits per heavy atom. The highest BCUT2D eigenvalue weighted by molar-refractivity contribution is 6.16. The maximum Gasteiger partial charge on any atom is 0.241 e. The van der Waals surface area contributed by atoms with Gasteiger partial charge in [0.15, 0.2) is 5.82 Å². The first-order valence-electron chi connectivity index (χ1n) is 3.19. The predicted octanol–water partition coefficient (Wildman–Crippen LogP) is 1.52. The number of ether oxygens (including phenoxy) is 1. The van der Waals surface area contributed by atoms with E-state index < -0.39 is 0 Å². The minimum absolute atomic E-state index is 0.143. The molecule has 1 unspecified atom stereocenters. The first-order chi connectivity index (χ1) is 5.27. The Labute approximate surface area is 69.5 Å². The summed E-state index contributed by atoms with van der Waals surface area (Å²) < 4.78 is 9.73. The molecule has 0 saturated carbocycles. The van der Waals surface area contributed by atoms with Crippen LogP contribution in [0.5, 0.6) is 0 Å². The number of aromatic nitrogens is 2. The lowest BCUT2D eigenvalue weighted by Gasteiger charge is -2.00. The van der Waals surface area contributed by atoms with Crippen LogP contribution in [0.2, 0.25) is 0 Å². The van der Waals surface area contributed by atoms with Crippen LogP contribution in [0.1, 0.15) is 24.7 Å². The molecule has 1 aromatic heterocycles. The Bertz CT molecular complexity index is 226. The fourth-order valence-corrected chi connectivity index (χ4v) is 0.701. The highest BCUT2D eigenvalue weighted by Gasteiger charge is 2.11. The number of methoxy groups -OCH3 is 1. The van der Waals surface area contributed by atoms with E-state index in [4.69, 9.17) is 20.9 Å². The Morgan fingerprint density at radius 1 is 1.73 bits per heavy atom. The van der Waals surface area contributed by atoms with Crippen molar-refractivity contribution < 1.29 is 9.26 Å². The fourth-order valence-electron chi connectivity index (χ4n) is 0.593. The van der Waals surface area contributed by atoms with Crippen molar-refractivity contribution in [2.24, 2.45) is 0 Å². The van der Waals surface area contributed by atoms with Crippen LogP contribution in [0.3, 0.4) is 0 Å². The van der Waals surface area contributed by atoms with E-state index in [9.17, 15) is 0 Å². The smallest absolute Gasteiger partial charge is 0.241 e. The lowest BCUT2D eigenvalue weighted by atomic mass is 10.4. The lowest BCUT2D eigenvalue weighted by molar-refractivity contribution is 0.109. The molecule has 0 aliphatic rings. The van der Waals surface area contributed by atoms with Crippen LogP contribution in [0, 0.1) is 0 Å². The van der Waals surface area contributed by atoms with Gasteiger partial charge in [-0.3, -0.25) is 0 Å². The molecular formula is C6H9ClN2O2. The van der Waals surface area contributed by atoms with Gasteiger partial charge < -0.3 is 9.26 Å². The summed E-state index contributed by atoms with van der Waals surface area (Å²) >= 11 is 5.45. The molecule has 4 nitrogen and oxygen atoms in total. The monoisotopic (exact) mass is 176 g/mol. The Kier molecular flexibility index (Phi) is 2.84. The summed E-state index contributed by atoms with van der Waals surface area (Å²) in [4.78, 5) is 3.96. The molecule has 1 aromatic rings. The molecule has 0 aliphatic heterocycles. The third-order valence-electron chi connectivity index (χ3n) is 1.32. The van der Waals surface area contributed by atoms with E-state index in [1.807, 2.05) is 6.92 Å². The van der Waals surface area contributed by atoms with Crippen LogP contribution >= 0.6 is 11.6 Å². The van der Waals surface area contributed by atoms with Gasteiger partial charge >= 0.3 is 0 Å². The quantitative estimate of drug-likeness (QED) is 0.656. The topological polar surface area (TPSA) is 48.2 Å². The second-order valence-electron chi connectivity index (χ2n) is 2.06. The van der Waals surface area contributed by atoms with Gasteiger partial charge in [0.1, 0.15) is 12.0 Å². The highest BCUT2D eigenvalue weighted by atomic mass is 35.5. The molecule has 1 heterocycles. The van der Waals surface area contributed by atoms with Crippen molar-refractivity contribution in [3.05, 3.63) is 11.7 Å². The van der Waals surface area contributed by atoms with Crippen LogP contribution in [-0.2, 0) is 10.6 Å². The molecule has 0 bridgehead atoms. The van der Waals surface area contributed by atoms with Gasteiger partial charge in [-0.25, -0.2) is 0 Å². The largest absolute Gasteiger partial charge is 0.374 e. The maximum absolute atomic E-state index is 5.45. The second kappa shape index (κ2) is 3.69. The number of hydrogen-bond acceptors (Lipinski definition) is 4. The van der Waals surface area contributed by atoms with Gasteiger partial charge in [-0.15, -0.1) is 11.6 Å². The SMILES string of the molecule is COC(C)c1noc(CCl)n1. The normalized spacial score (nSPS) is 13.4. The molecule has 11 heavy (non-hydrogen) atoms. The Morgan fingerprint density at radius 3 is 2.91 bits per heavy atom. The van der Waals surface area contributed by atoms with Crippen LogP contribution in [0.15, 0.2) is 4.52 Å². The summed E-state index contributed by atoms with van der Waals surface area (Å²) in [7, 11) is 1.58. The van der Waals surface area contributed by atoms with Gasteiger partial charge in [0.2, 0.25) is 5.89 Å². The molecule has 1 atom stereocenters. The van der Waals surface area contributed by atoms with Crippen molar-refractivity contribution in [1.29, 1.82) is 0 Å². The van der Waals surface area contributed by atoms with Gasteiger partial charge in [-0.05, 0) is 6.92 Å². The number of alkyl halides is 1. The van der Waals surface area contributed by atoms with E-state index >= 15 is 0 Å². The third-order valence-corrected chi connectivity index (χ3v) is 1.54. The van der Waals surface area contributed by atoms with Crippen LogP contribution in [0.25, 0.3) is 0 Å². The number of hydrogen-bond donors (Lipinski definition) is 0. The third kappa shape index (κ3) is 1.91. The summed E-state index contributed by atoms with van der Waals surface area (Å²) in [5.74, 6) is 1.19. The summed E-state index contributed by atoms with van der Waals surface area (Å²) in [5, 5.41) is 3.66. The van der Waals surface area contributed by atoms with E-state index in [1.165, 1.54) is 0 Å². The molecular weight excluding hydrogens is 168 g/mol. The van der Waals surface area contributed by atoms with Crippen molar-refractivity contribution in [3.8, 4) is 0 Å². The molecule has 0 fully saturated rings. The Hall–Kier alpha value is -0.610. The standard InChI is InChI=1S/C6H9ClN2O2/c1-4(10-2)6-8-5(3-7)11-9-6/h4H,3H2,1-2H3. The molecule has 0 saturated heterocycles.